The number of thiocarbonyl (C=S) groups is 1. The molecule has 0 saturated carbocycles. The van der Waals surface area contributed by atoms with Crippen LogP contribution < -0.4 is 43.1 Å². The standard InChI is InChI=1S/C42H40N10O8S/c1-21(48-38(56)22-3-5-23(6-4-22)46-19-25-20-47-37-36(49-25)39(57)52-41(43)51-37)2-13-34(55)44-14-15-45-42(61)50-24-7-10-28(31(16-24)40(58)59)35-29-11-8-26(53)17-32(29)60-33-18-27(54)9-12-30(33)35/h3-12,16-18,20-21,36-37,46,53H,2,13-15,19H2,1H3,(H,44,55)(H,48,56)(H,58,59)(H2,45,50,61)(H3,43,51,52,57)/t21-,36?,37?/m1/s1. The molecular weight excluding hydrogens is 805 g/mol. The van der Waals surface area contributed by atoms with E-state index in [1.165, 1.54) is 30.3 Å². The van der Waals surface area contributed by atoms with E-state index in [1.807, 2.05) is 6.92 Å². The summed E-state index contributed by atoms with van der Waals surface area (Å²) in [6.45, 7) is 2.65. The third kappa shape index (κ3) is 9.97. The van der Waals surface area contributed by atoms with Crippen molar-refractivity contribution >= 4 is 81.3 Å². The Morgan fingerprint density at radius 2 is 1.69 bits per heavy atom. The monoisotopic (exact) mass is 844 g/mol. The number of carboxylic acids is 1. The number of amides is 3. The first-order chi connectivity index (χ1) is 29.3. The average Bonchev–Trinajstić information content (AvgIpc) is 3.23. The molecule has 312 valence electrons. The number of nitrogens with zero attached hydrogens (tertiary/aromatic N) is 3. The van der Waals surface area contributed by atoms with Gasteiger partial charge in [-0.15, -0.1) is 0 Å². The van der Waals surface area contributed by atoms with Gasteiger partial charge in [-0.2, -0.15) is 0 Å². The predicted octanol–water partition coefficient (Wildman–Crippen LogP) is 3.05. The molecule has 0 radical (unpaired) electrons. The molecule has 0 spiro atoms. The van der Waals surface area contributed by atoms with Crippen molar-refractivity contribution in [3.8, 4) is 28.2 Å². The summed E-state index contributed by atoms with van der Waals surface area (Å²) in [5.41, 5.74) is 9.09. The molecule has 3 amide bonds. The van der Waals surface area contributed by atoms with E-state index >= 15 is 0 Å². The average molecular weight is 845 g/mol. The highest BCUT2D eigenvalue weighted by Gasteiger charge is 2.34. The summed E-state index contributed by atoms with van der Waals surface area (Å²) in [6, 6.07) is 19.3. The number of nitrogens with one attached hydrogen (secondary N) is 6. The van der Waals surface area contributed by atoms with Crippen LogP contribution >= 0.6 is 12.2 Å². The third-order valence-corrected chi connectivity index (χ3v) is 9.99. The molecular formula is C42H40N10O8S. The number of rotatable bonds is 14. The van der Waals surface area contributed by atoms with Crippen molar-refractivity contribution in [2.45, 2.75) is 38.0 Å². The third-order valence-electron chi connectivity index (χ3n) is 9.74. The number of anilines is 2. The number of hydrogen-bond acceptors (Lipinski definition) is 13. The maximum Gasteiger partial charge on any atom is 0.336 e. The summed E-state index contributed by atoms with van der Waals surface area (Å²) in [4.78, 5) is 75.0. The first kappa shape index (κ1) is 41.5. The zero-order valence-electron chi connectivity index (χ0n) is 32.5. The minimum atomic E-state index is -1.20. The second-order valence-corrected chi connectivity index (χ2v) is 14.6. The van der Waals surface area contributed by atoms with Crippen molar-refractivity contribution in [3.63, 3.8) is 0 Å². The molecule has 0 aromatic heterocycles. The normalized spacial score (nSPS) is 16.0. The molecule has 3 aromatic carbocycles. The minimum absolute atomic E-state index is 0.0163. The number of fused-ring (bicyclic) bond motifs is 3. The van der Waals surface area contributed by atoms with Gasteiger partial charge < -0.3 is 46.9 Å². The fourth-order valence-electron chi connectivity index (χ4n) is 6.75. The van der Waals surface area contributed by atoms with Crippen LogP contribution in [0.5, 0.6) is 5.75 Å². The Morgan fingerprint density at radius 3 is 2.48 bits per heavy atom. The Hall–Kier alpha value is -7.67. The molecule has 0 saturated heterocycles. The van der Waals surface area contributed by atoms with E-state index in [9.17, 15) is 34.2 Å². The summed E-state index contributed by atoms with van der Waals surface area (Å²) >= 11 is 5.42. The number of aliphatic imine (C=N–C) groups is 3. The van der Waals surface area contributed by atoms with Gasteiger partial charge in [0.25, 0.3) is 11.8 Å². The summed E-state index contributed by atoms with van der Waals surface area (Å²) in [7, 11) is 0. The maximum atomic E-state index is 12.9. The maximum absolute atomic E-state index is 12.9. The molecule has 4 aliphatic rings. The topological polar surface area (TPSA) is 274 Å². The van der Waals surface area contributed by atoms with Gasteiger partial charge in [0.15, 0.2) is 28.7 Å². The van der Waals surface area contributed by atoms with Crippen molar-refractivity contribution in [1.82, 2.24) is 21.3 Å². The van der Waals surface area contributed by atoms with Gasteiger partial charge in [-0.3, -0.25) is 34.5 Å². The van der Waals surface area contributed by atoms with Crippen LogP contribution in [0.15, 0.2) is 103 Å². The van der Waals surface area contributed by atoms with Gasteiger partial charge >= 0.3 is 5.97 Å². The van der Waals surface area contributed by atoms with Crippen LogP contribution in [0, 0.1) is 0 Å². The fraction of sp³-hybridized carbons (Fsp3) is 0.214. The zero-order valence-corrected chi connectivity index (χ0v) is 33.3. The number of carbonyl (C=O) groups excluding carboxylic acids is 3. The fourth-order valence-corrected chi connectivity index (χ4v) is 6.97. The Balaban J connectivity index is 0.840. The van der Waals surface area contributed by atoms with E-state index in [0.717, 1.165) is 5.69 Å². The van der Waals surface area contributed by atoms with Crippen LogP contribution in [0.2, 0.25) is 0 Å². The number of phenols is 1. The van der Waals surface area contributed by atoms with Gasteiger partial charge in [0.1, 0.15) is 17.1 Å². The van der Waals surface area contributed by atoms with Crippen LogP contribution in [-0.2, 0) is 9.59 Å². The number of carbonyl (C=O) groups is 4. The first-order valence-corrected chi connectivity index (χ1v) is 19.5. The number of aromatic carboxylic acids is 1. The molecule has 3 aromatic rings. The summed E-state index contributed by atoms with van der Waals surface area (Å²) < 4.78 is 5.89. The number of carboxylic acid groups (broad SMARTS) is 1. The Kier molecular flexibility index (Phi) is 12.3. The summed E-state index contributed by atoms with van der Waals surface area (Å²) in [6.07, 6.45) is 1.46. The van der Waals surface area contributed by atoms with Crippen LogP contribution in [0.4, 0.5) is 11.4 Å². The molecule has 19 heteroatoms. The molecule has 7 rings (SSSR count). The molecule has 10 N–H and O–H groups in total. The summed E-state index contributed by atoms with van der Waals surface area (Å²) in [5, 5.41) is 38.4. The minimum Gasteiger partial charge on any atom is -0.508 e. The molecule has 3 atom stereocenters. The number of aromatic hydroxyl groups is 1. The molecule has 1 aliphatic carbocycles. The molecule has 3 aliphatic heterocycles. The highest BCUT2D eigenvalue weighted by atomic mass is 32.1. The van der Waals surface area contributed by atoms with E-state index in [2.05, 4.69) is 46.9 Å². The lowest BCUT2D eigenvalue weighted by Gasteiger charge is -2.25. The van der Waals surface area contributed by atoms with Crippen LogP contribution in [0.25, 0.3) is 33.4 Å². The molecule has 2 unspecified atom stereocenters. The van der Waals surface area contributed by atoms with Gasteiger partial charge in [0, 0.05) is 77.4 Å². The Labute approximate surface area is 352 Å². The second kappa shape index (κ2) is 18.1. The van der Waals surface area contributed by atoms with Gasteiger partial charge in [-0.05, 0) is 91.8 Å². The number of benzene rings is 4. The quantitative estimate of drug-likeness (QED) is 0.0442. The molecule has 18 nitrogen and oxygen atoms in total. The van der Waals surface area contributed by atoms with Crippen molar-refractivity contribution in [2.24, 2.45) is 20.7 Å². The molecule has 3 heterocycles. The van der Waals surface area contributed by atoms with Crippen molar-refractivity contribution in [2.75, 3.05) is 30.3 Å². The van der Waals surface area contributed by atoms with Crippen molar-refractivity contribution in [3.05, 3.63) is 100 Å². The van der Waals surface area contributed by atoms with Crippen LogP contribution in [0.3, 0.4) is 0 Å². The van der Waals surface area contributed by atoms with Crippen LogP contribution in [0.1, 0.15) is 40.5 Å². The van der Waals surface area contributed by atoms with Crippen molar-refractivity contribution < 1.29 is 33.8 Å². The number of phenolic OH excluding ortho intramolecular Hbond substituents is 1. The van der Waals surface area contributed by atoms with Gasteiger partial charge in [-0.25, -0.2) is 9.79 Å². The Morgan fingerprint density at radius 1 is 0.934 bits per heavy atom. The largest absolute Gasteiger partial charge is 0.508 e. The van der Waals surface area contributed by atoms with E-state index in [1.54, 1.807) is 54.7 Å². The number of nitrogens with two attached hydrogens (primary N) is 1. The lowest BCUT2D eigenvalue weighted by atomic mass is 9.90. The highest BCUT2D eigenvalue weighted by molar-refractivity contribution is 7.80. The Bertz CT molecular complexity index is 2680. The second-order valence-electron chi connectivity index (χ2n) is 14.2. The van der Waals surface area contributed by atoms with Gasteiger partial charge in [-0.1, -0.05) is 6.07 Å². The van der Waals surface area contributed by atoms with E-state index < -0.39 is 18.2 Å². The van der Waals surface area contributed by atoms with Crippen molar-refractivity contribution in [1.29, 1.82) is 0 Å². The summed E-state index contributed by atoms with van der Waals surface area (Å²) in [5.74, 6) is -1.85. The van der Waals surface area contributed by atoms with E-state index in [0.29, 0.717) is 52.0 Å². The first-order valence-electron chi connectivity index (χ1n) is 19.1. The lowest BCUT2D eigenvalue weighted by molar-refractivity contribution is -0.122. The molecule has 61 heavy (non-hydrogen) atoms. The van der Waals surface area contributed by atoms with E-state index in [-0.39, 0.29) is 82.4 Å². The van der Waals surface area contributed by atoms with Gasteiger partial charge in [0.05, 0.1) is 17.8 Å². The zero-order chi connectivity index (χ0) is 43.2. The molecule has 0 fully saturated rings. The number of hydrogen-bond donors (Lipinski definition) is 9. The van der Waals surface area contributed by atoms with Crippen LogP contribution in [-0.4, -0.2) is 94.8 Å². The lowest BCUT2D eigenvalue weighted by Crippen LogP contribution is -2.52. The SMILES string of the molecule is C[C@H](CCC(=O)NCCNC(=S)Nc1ccc(-c2c3ccc(=O)cc-3oc3cc(O)ccc23)c(C(=O)O)c1)NC(=O)c1ccc(NCC2=NC3C(=O)NC(N)=NC3N=C2)cc1. The predicted molar refractivity (Wildman–Crippen MR) is 235 cm³/mol. The van der Waals surface area contributed by atoms with E-state index in [4.69, 9.17) is 22.4 Å². The molecule has 0 bridgehead atoms. The smallest absolute Gasteiger partial charge is 0.336 e. The van der Waals surface area contributed by atoms with Gasteiger partial charge in [0.2, 0.25) is 5.91 Å². The number of guanidine groups is 1. The highest BCUT2D eigenvalue weighted by Crippen LogP contribution is 2.42.